The van der Waals surface area contributed by atoms with Gasteiger partial charge in [-0.05, 0) is 37.0 Å². The first kappa shape index (κ1) is 17.7. The maximum absolute atomic E-state index is 4.00. The minimum atomic E-state index is 1.15. The zero-order valence-corrected chi connectivity index (χ0v) is 11.4. The molecule has 0 fully saturated rings. The van der Waals surface area contributed by atoms with E-state index in [1.54, 1.807) is 6.08 Å². The summed E-state index contributed by atoms with van der Waals surface area (Å²) in [6, 6.07) is 8.93. The van der Waals surface area contributed by atoms with Crippen LogP contribution in [0.1, 0.15) is 38.3 Å². The molecule has 0 spiro atoms. The third kappa shape index (κ3) is 10.6. The van der Waals surface area contributed by atoms with E-state index in [0.717, 1.165) is 6.42 Å². The van der Waals surface area contributed by atoms with Crippen LogP contribution in [-0.2, 0) is 12.8 Å². The van der Waals surface area contributed by atoms with Gasteiger partial charge in [-0.2, -0.15) is 0 Å². The molecule has 92 valence electrons. The van der Waals surface area contributed by atoms with E-state index in [9.17, 15) is 0 Å². The molecule has 0 saturated carbocycles. The van der Waals surface area contributed by atoms with Gasteiger partial charge in [0.1, 0.15) is 0 Å². The normalized spacial score (nSPS) is 7.59. The fourth-order valence-electron chi connectivity index (χ4n) is 1.23. The van der Waals surface area contributed by atoms with E-state index >= 15 is 0 Å². The molecular formula is C17H24. The second kappa shape index (κ2) is 14.3. The maximum Gasteiger partial charge on any atom is -0.0281 e. The van der Waals surface area contributed by atoms with Crippen molar-refractivity contribution < 1.29 is 0 Å². The Kier molecular flexibility index (Phi) is 14.9. The molecule has 0 radical (unpaired) electrons. The molecule has 17 heavy (non-hydrogen) atoms. The van der Waals surface area contributed by atoms with E-state index in [1.807, 2.05) is 6.92 Å². The SMILES string of the molecule is C#C.C=C=CC.CCCc1ccc(CC)cc1. The number of allylic oxidation sites excluding steroid dienone is 1. The van der Waals surface area contributed by atoms with Crippen molar-refractivity contribution in [1.29, 1.82) is 0 Å². The van der Waals surface area contributed by atoms with Crippen LogP contribution in [0.25, 0.3) is 0 Å². The van der Waals surface area contributed by atoms with Crippen LogP contribution in [0, 0.1) is 12.8 Å². The van der Waals surface area contributed by atoms with Gasteiger partial charge in [0, 0.05) is 0 Å². The molecule has 0 heteroatoms. The van der Waals surface area contributed by atoms with Gasteiger partial charge < -0.3 is 0 Å². The van der Waals surface area contributed by atoms with Crippen molar-refractivity contribution >= 4 is 0 Å². The summed E-state index contributed by atoms with van der Waals surface area (Å²) < 4.78 is 0. The molecule has 1 aromatic rings. The van der Waals surface area contributed by atoms with Gasteiger partial charge in [-0.1, -0.05) is 51.1 Å². The Morgan fingerprint density at radius 2 is 1.53 bits per heavy atom. The van der Waals surface area contributed by atoms with Crippen LogP contribution < -0.4 is 0 Å². The van der Waals surface area contributed by atoms with Crippen molar-refractivity contribution in [2.75, 3.05) is 0 Å². The Morgan fingerprint density at radius 3 is 1.82 bits per heavy atom. The average molecular weight is 228 g/mol. The Bertz CT molecular complexity index is 321. The summed E-state index contributed by atoms with van der Waals surface area (Å²) in [5.41, 5.74) is 5.45. The minimum absolute atomic E-state index is 1.15. The topological polar surface area (TPSA) is 0 Å². The predicted molar refractivity (Wildman–Crippen MR) is 79.1 cm³/mol. The van der Waals surface area contributed by atoms with Crippen LogP contribution in [0.15, 0.2) is 42.7 Å². The van der Waals surface area contributed by atoms with Gasteiger partial charge in [0.15, 0.2) is 0 Å². The molecule has 0 bridgehead atoms. The van der Waals surface area contributed by atoms with Crippen LogP contribution in [0.4, 0.5) is 0 Å². The van der Waals surface area contributed by atoms with Gasteiger partial charge in [0.2, 0.25) is 0 Å². The maximum atomic E-state index is 4.00. The number of hydrogen-bond acceptors (Lipinski definition) is 0. The average Bonchev–Trinajstić information content (AvgIpc) is 2.42. The third-order valence-electron chi connectivity index (χ3n) is 2.17. The Morgan fingerprint density at radius 1 is 1.12 bits per heavy atom. The lowest BCUT2D eigenvalue weighted by atomic mass is 10.1. The zero-order chi connectivity index (χ0) is 13.5. The highest BCUT2D eigenvalue weighted by Gasteiger charge is 1.90. The number of aryl methyl sites for hydroxylation is 2. The molecule has 0 N–H and O–H groups in total. The molecule has 0 saturated heterocycles. The van der Waals surface area contributed by atoms with Crippen molar-refractivity contribution in [3.63, 3.8) is 0 Å². The van der Waals surface area contributed by atoms with Crippen molar-refractivity contribution in [2.45, 2.75) is 40.0 Å². The molecule has 0 unspecified atom stereocenters. The van der Waals surface area contributed by atoms with E-state index in [2.05, 4.69) is 63.3 Å². The number of hydrogen-bond donors (Lipinski definition) is 0. The third-order valence-corrected chi connectivity index (χ3v) is 2.17. The van der Waals surface area contributed by atoms with Crippen molar-refractivity contribution in [3.05, 3.63) is 53.8 Å². The monoisotopic (exact) mass is 228 g/mol. The summed E-state index contributed by atoms with van der Waals surface area (Å²) in [6.45, 7) is 9.59. The molecule has 0 aliphatic heterocycles. The van der Waals surface area contributed by atoms with E-state index in [-0.39, 0.29) is 0 Å². The van der Waals surface area contributed by atoms with Crippen molar-refractivity contribution in [2.24, 2.45) is 0 Å². The summed E-state index contributed by atoms with van der Waals surface area (Å²) in [6.07, 6.45) is 13.4. The lowest BCUT2D eigenvalue weighted by Gasteiger charge is -1.99. The summed E-state index contributed by atoms with van der Waals surface area (Å²) in [7, 11) is 0. The second-order valence-electron chi connectivity index (χ2n) is 3.41. The molecule has 0 heterocycles. The minimum Gasteiger partial charge on any atom is -0.133 e. The van der Waals surface area contributed by atoms with Crippen molar-refractivity contribution in [1.82, 2.24) is 0 Å². The number of terminal acetylenes is 1. The molecule has 1 aromatic carbocycles. The molecule has 0 atom stereocenters. The summed E-state index contributed by atoms with van der Waals surface area (Å²) >= 11 is 0. The second-order valence-corrected chi connectivity index (χ2v) is 3.41. The highest BCUT2D eigenvalue weighted by molar-refractivity contribution is 5.22. The number of rotatable bonds is 3. The van der Waals surface area contributed by atoms with Crippen LogP contribution >= 0.6 is 0 Å². The van der Waals surface area contributed by atoms with E-state index in [0.29, 0.717) is 0 Å². The summed E-state index contributed by atoms with van der Waals surface area (Å²) in [5, 5.41) is 0. The highest BCUT2D eigenvalue weighted by Crippen LogP contribution is 2.06. The largest absolute Gasteiger partial charge is 0.133 e. The van der Waals surface area contributed by atoms with Gasteiger partial charge in [-0.15, -0.1) is 18.6 Å². The lowest BCUT2D eigenvalue weighted by molar-refractivity contribution is 0.920. The molecule has 0 aliphatic carbocycles. The number of benzene rings is 1. The molecule has 0 amide bonds. The van der Waals surface area contributed by atoms with Crippen molar-refractivity contribution in [3.8, 4) is 12.8 Å². The van der Waals surface area contributed by atoms with Crippen LogP contribution in [-0.4, -0.2) is 0 Å². The zero-order valence-electron chi connectivity index (χ0n) is 11.4. The summed E-state index contributed by atoms with van der Waals surface area (Å²) in [5.74, 6) is 0. The predicted octanol–water partition coefficient (Wildman–Crippen LogP) is 4.80. The fourth-order valence-corrected chi connectivity index (χ4v) is 1.23. The van der Waals surface area contributed by atoms with Gasteiger partial charge in [0.05, 0.1) is 0 Å². The van der Waals surface area contributed by atoms with Gasteiger partial charge in [-0.25, -0.2) is 0 Å². The fraction of sp³-hybridized carbons (Fsp3) is 0.353. The first-order valence-electron chi connectivity index (χ1n) is 6.00. The smallest absolute Gasteiger partial charge is 0.0281 e. The van der Waals surface area contributed by atoms with Gasteiger partial charge >= 0.3 is 0 Å². The summed E-state index contributed by atoms with van der Waals surface area (Å²) in [4.78, 5) is 0. The molecule has 1 rings (SSSR count). The van der Waals surface area contributed by atoms with Crippen LogP contribution in [0.5, 0.6) is 0 Å². The van der Waals surface area contributed by atoms with Crippen LogP contribution in [0.3, 0.4) is 0 Å². The molecular weight excluding hydrogens is 204 g/mol. The molecule has 0 aliphatic rings. The van der Waals surface area contributed by atoms with Crippen LogP contribution in [0.2, 0.25) is 0 Å². The van der Waals surface area contributed by atoms with Gasteiger partial charge in [-0.3, -0.25) is 0 Å². The lowest BCUT2D eigenvalue weighted by Crippen LogP contribution is -1.84. The Hall–Kier alpha value is -1.70. The van der Waals surface area contributed by atoms with E-state index in [4.69, 9.17) is 0 Å². The first-order valence-corrected chi connectivity index (χ1v) is 6.00. The molecule has 0 aromatic heterocycles. The Labute approximate surface area is 107 Å². The first-order chi connectivity index (χ1) is 8.28. The standard InChI is InChI=1S/C11H16.C4H6.C2H2/c1-3-5-11-8-6-10(4-2)7-9-11;1-3-4-2;1-2/h6-9H,3-5H2,1-2H3;4H,1H2,2H3;1-2H. The van der Waals surface area contributed by atoms with E-state index < -0.39 is 0 Å². The van der Waals surface area contributed by atoms with E-state index in [1.165, 1.54) is 24.0 Å². The van der Waals surface area contributed by atoms with Gasteiger partial charge in [0.25, 0.3) is 0 Å². The molecule has 0 nitrogen and oxygen atoms in total. The highest BCUT2D eigenvalue weighted by atomic mass is 14.0. The Balaban J connectivity index is 0. The quantitative estimate of drug-likeness (QED) is 0.515.